The van der Waals surface area contributed by atoms with Crippen LogP contribution in [0.4, 0.5) is 10.1 Å². The van der Waals surface area contributed by atoms with Gasteiger partial charge in [-0.15, -0.1) is 0 Å². The maximum Gasteiger partial charge on any atom is 0.268 e. The molecule has 1 N–H and O–H groups in total. The lowest BCUT2D eigenvalue weighted by Crippen LogP contribution is -2.37. The largest absolute Gasteiger partial charge is 0.497 e. The number of carbonyl (C=O) groups excluding carboxylic acids is 2. The van der Waals surface area contributed by atoms with Crippen molar-refractivity contribution in [1.29, 1.82) is 0 Å². The molecule has 1 aliphatic rings. The van der Waals surface area contributed by atoms with E-state index in [1.165, 1.54) is 42.1 Å². The van der Waals surface area contributed by atoms with Gasteiger partial charge in [0.05, 0.1) is 7.11 Å². The number of nitrogens with one attached hydrogen (secondary N) is 1. The Morgan fingerprint density at radius 1 is 1.09 bits per heavy atom. The highest BCUT2D eigenvalue weighted by Crippen LogP contribution is 2.36. The van der Waals surface area contributed by atoms with Crippen LogP contribution in [0.1, 0.15) is 46.5 Å². The zero-order valence-electron chi connectivity index (χ0n) is 18.1. The number of carbonyl (C=O) groups is 2. The number of nitrogens with zero attached hydrogens (tertiary/aromatic N) is 1. The third-order valence-electron chi connectivity index (χ3n) is 5.57. The fourth-order valence-corrected chi connectivity index (χ4v) is 4.07. The van der Waals surface area contributed by atoms with Gasteiger partial charge in [-0.2, -0.15) is 0 Å². The van der Waals surface area contributed by atoms with Crippen molar-refractivity contribution in [3.05, 3.63) is 87.6 Å². The highest BCUT2D eigenvalue weighted by molar-refractivity contribution is 6.08. The molecule has 1 heterocycles. The number of Topliss-reactive ketones (excluding diaryl/α,β-unsaturated/α-hetero) is 1. The molecular weight excluding hydrogens is 411 g/mol. The Morgan fingerprint density at radius 3 is 2.50 bits per heavy atom. The Hall–Kier alpha value is -3.74. The molecule has 0 bridgehead atoms. The molecule has 0 saturated heterocycles. The third kappa shape index (κ3) is 4.06. The monoisotopic (exact) mass is 434 g/mol. The summed E-state index contributed by atoms with van der Waals surface area (Å²) in [4.78, 5) is 39.7. The van der Waals surface area contributed by atoms with Crippen LogP contribution in [0.3, 0.4) is 0 Å². The molecule has 0 unspecified atom stereocenters. The predicted molar refractivity (Wildman–Crippen MR) is 119 cm³/mol. The second-order valence-electron chi connectivity index (χ2n) is 8.67. The maximum atomic E-state index is 13.5. The van der Waals surface area contributed by atoms with E-state index in [0.29, 0.717) is 41.1 Å². The Kier molecular flexibility index (Phi) is 5.42. The zero-order chi connectivity index (χ0) is 23.0. The normalized spacial score (nSPS) is 14.6. The lowest BCUT2D eigenvalue weighted by molar-refractivity contribution is 0.0910. The van der Waals surface area contributed by atoms with Crippen molar-refractivity contribution in [2.45, 2.75) is 26.7 Å². The molecule has 0 spiro atoms. The summed E-state index contributed by atoms with van der Waals surface area (Å²) in [6.07, 6.45) is 2.18. The molecule has 7 heteroatoms. The van der Waals surface area contributed by atoms with E-state index in [4.69, 9.17) is 4.74 Å². The quantitative estimate of drug-likeness (QED) is 0.661. The van der Waals surface area contributed by atoms with Gasteiger partial charge in [0.1, 0.15) is 17.1 Å². The first-order valence-electron chi connectivity index (χ1n) is 10.2. The van der Waals surface area contributed by atoms with Gasteiger partial charge in [0, 0.05) is 35.6 Å². The van der Waals surface area contributed by atoms with Crippen LogP contribution >= 0.6 is 0 Å². The number of ketones is 1. The first kappa shape index (κ1) is 21.5. The van der Waals surface area contributed by atoms with Crippen LogP contribution in [-0.2, 0) is 6.42 Å². The van der Waals surface area contributed by atoms with Crippen molar-refractivity contribution >= 4 is 17.4 Å². The molecular formula is C25H23FN2O4. The van der Waals surface area contributed by atoms with Gasteiger partial charge in [0.2, 0.25) is 0 Å². The number of anilines is 1. The van der Waals surface area contributed by atoms with E-state index >= 15 is 0 Å². The Labute approximate surface area is 184 Å². The number of halogens is 1. The van der Waals surface area contributed by atoms with Gasteiger partial charge in [-0.25, -0.2) is 4.39 Å². The van der Waals surface area contributed by atoms with Gasteiger partial charge in [0.25, 0.3) is 11.5 Å². The summed E-state index contributed by atoms with van der Waals surface area (Å²) in [5.74, 6) is -0.643. The average molecular weight is 434 g/mol. The van der Waals surface area contributed by atoms with Gasteiger partial charge in [-0.3, -0.25) is 19.0 Å². The van der Waals surface area contributed by atoms with E-state index in [1.54, 1.807) is 24.3 Å². The maximum absolute atomic E-state index is 13.5. The molecule has 4 rings (SSSR count). The van der Waals surface area contributed by atoms with E-state index < -0.39 is 17.3 Å². The first-order valence-corrected chi connectivity index (χ1v) is 10.2. The van der Waals surface area contributed by atoms with E-state index in [2.05, 4.69) is 5.32 Å². The predicted octanol–water partition coefficient (Wildman–Crippen LogP) is 4.39. The van der Waals surface area contributed by atoms with Crippen molar-refractivity contribution in [1.82, 2.24) is 4.57 Å². The number of methoxy groups -OCH3 is 1. The van der Waals surface area contributed by atoms with Crippen LogP contribution in [-0.4, -0.2) is 23.4 Å². The molecule has 1 aromatic heterocycles. The van der Waals surface area contributed by atoms with Crippen LogP contribution in [0.15, 0.2) is 59.5 Å². The highest BCUT2D eigenvalue weighted by atomic mass is 19.1. The van der Waals surface area contributed by atoms with Gasteiger partial charge in [0.15, 0.2) is 5.78 Å². The van der Waals surface area contributed by atoms with Crippen LogP contribution in [0.5, 0.6) is 5.75 Å². The van der Waals surface area contributed by atoms with Crippen LogP contribution in [0.25, 0.3) is 5.69 Å². The van der Waals surface area contributed by atoms with E-state index in [1.807, 2.05) is 13.8 Å². The number of ether oxygens (including phenoxy) is 1. The summed E-state index contributed by atoms with van der Waals surface area (Å²) in [7, 11) is 1.52. The number of rotatable bonds is 4. The summed E-state index contributed by atoms with van der Waals surface area (Å²) in [6, 6.07) is 12.1. The minimum atomic E-state index is -0.610. The molecule has 6 nitrogen and oxygen atoms in total. The molecule has 0 fully saturated rings. The molecule has 1 aliphatic carbocycles. The SMILES string of the molecule is COc1cccc(NC(=O)c2c3c(cn(-c4ccc(F)cc4)c2=O)C(=O)CC(C)(C)C3)c1. The molecule has 2 aromatic carbocycles. The summed E-state index contributed by atoms with van der Waals surface area (Å²) in [5.41, 5.74) is 0.563. The number of pyridine rings is 1. The zero-order valence-corrected chi connectivity index (χ0v) is 18.1. The van der Waals surface area contributed by atoms with Crippen molar-refractivity contribution in [3.63, 3.8) is 0 Å². The standard InChI is InChI=1S/C25H23FN2O4/c1-25(2)12-19-20(21(29)13-25)14-28(17-9-7-15(26)8-10-17)24(31)22(19)23(30)27-16-5-4-6-18(11-16)32-3/h4-11,14H,12-13H2,1-3H3,(H,27,30). The van der Waals surface area contributed by atoms with E-state index in [-0.39, 0.29) is 16.8 Å². The van der Waals surface area contributed by atoms with E-state index in [0.717, 1.165) is 0 Å². The first-order chi connectivity index (χ1) is 15.2. The summed E-state index contributed by atoms with van der Waals surface area (Å²) in [5, 5.41) is 2.75. The minimum absolute atomic E-state index is 0.0873. The molecule has 0 atom stereocenters. The number of amides is 1. The van der Waals surface area contributed by atoms with Gasteiger partial charge < -0.3 is 10.1 Å². The van der Waals surface area contributed by atoms with Crippen molar-refractivity contribution in [2.75, 3.05) is 12.4 Å². The van der Waals surface area contributed by atoms with Gasteiger partial charge in [-0.05, 0) is 53.8 Å². The van der Waals surface area contributed by atoms with Crippen molar-refractivity contribution in [2.24, 2.45) is 5.41 Å². The Morgan fingerprint density at radius 2 is 1.81 bits per heavy atom. The van der Waals surface area contributed by atoms with Crippen LogP contribution < -0.4 is 15.6 Å². The topological polar surface area (TPSA) is 77.4 Å². The molecule has 0 saturated carbocycles. The number of aromatic nitrogens is 1. The fraction of sp³-hybridized carbons (Fsp3) is 0.240. The smallest absolute Gasteiger partial charge is 0.268 e. The van der Waals surface area contributed by atoms with Crippen molar-refractivity contribution in [3.8, 4) is 11.4 Å². The number of benzene rings is 2. The van der Waals surface area contributed by atoms with Crippen molar-refractivity contribution < 1.29 is 18.7 Å². The highest BCUT2D eigenvalue weighted by Gasteiger charge is 2.36. The van der Waals surface area contributed by atoms with Crippen LogP contribution in [0.2, 0.25) is 0 Å². The number of hydrogen-bond acceptors (Lipinski definition) is 4. The molecule has 3 aromatic rings. The second kappa shape index (κ2) is 8.07. The second-order valence-corrected chi connectivity index (χ2v) is 8.67. The minimum Gasteiger partial charge on any atom is -0.497 e. The van der Waals surface area contributed by atoms with Gasteiger partial charge in [-0.1, -0.05) is 19.9 Å². The lowest BCUT2D eigenvalue weighted by Gasteiger charge is -2.31. The van der Waals surface area contributed by atoms with E-state index in [9.17, 15) is 18.8 Å². The number of fused-ring (bicyclic) bond motifs is 1. The molecule has 32 heavy (non-hydrogen) atoms. The number of hydrogen-bond donors (Lipinski definition) is 1. The summed E-state index contributed by atoms with van der Waals surface area (Å²) >= 11 is 0. The van der Waals surface area contributed by atoms with Crippen LogP contribution in [0, 0.1) is 11.2 Å². The molecule has 0 radical (unpaired) electrons. The average Bonchev–Trinajstić information content (AvgIpc) is 2.73. The Bertz CT molecular complexity index is 1280. The molecule has 164 valence electrons. The van der Waals surface area contributed by atoms with Gasteiger partial charge >= 0.3 is 0 Å². The fourth-order valence-electron chi connectivity index (χ4n) is 4.07. The third-order valence-corrected chi connectivity index (χ3v) is 5.57. The summed E-state index contributed by atoms with van der Waals surface area (Å²) in [6.45, 7) is 3.87. The Balaban J connectivity index is 1.89. The summed E-state index contributed by atoms with van der Waals surface area (Å²) < 4.78 is 19.8. The molecule has 1 amide bonds. The lowest BCUT2D eigenvalue weighted by atomic mass is 9.73. The molecule has 0 aliphatic heterocycles.